The van der Waals surface area contributed by atoms with Gasteiger partial charge in [-0.25, -0.2) is 4.79 Å². The summed E-state index contributed by atoms with van der Waals surface area (Å²) in [6.45, 7) is 6.51. The summed E-state index contributed by atoms with van der Waals surface area (Å²) in [7, 11) is 0. The molecule has 1 unspecified atom stereocenters. The van der Waals surface area contributed by atoms with Crippen molar-refractivity contribution in [3.8, 4) is 0 Å². The van der Waals surface area contributed by atoms with Crippen molar-refractivity contribution in [3.63, 3.8) is 0 Å². The lowest BCUT2D eigenvalue weighted by Gasteiger charge is -2.19. The first-order valence-electron chi connectivity index (χ1n) is 6.62. The lowest BCUT2D eigenvalue weighted by molar-refractivity contribution is -0.142. The topological polar surface area (TPSA) is 92.4 Å². The number of carbonyl (C=O) groups excluding carboxylic acids is 1. The van der Waals surface area contributed by atoms with Crippen LogP contribution in [-0.4, -0.2) is 29.6 Å². The molecule has 4 N–H and O–H groups in total. The molecule has 106 valence electrons. The minimum Gasteiger partial charge on any atom is -0.480 e. The van der Waals surface area contributed by atoms with Gasteiger partial charge in [-0.05, 0) is 31.2 Å². The van der Waals surface area contributed by atoms with Crippen LogP contribution >= 0.6 is 0 Å². The first kappa shape index (κ1) is 16.9. The number of hydrogen-bond acceptors (Lipinski definition) is 3. The SMILES string of the molecule is CCC[C@@H](NC(=O)CC(CN)CC(C)C)C(=O)O. The summed E-state index contributed by atoms with van der Waals surface area (Å²) in [6, 6.07) is -0.778. The molecule has 0 bridgehead atoms. The molecule has 5 heteroatoms. The number of hydrogen-bond donors (Lipinski definition) is 3. The van der Waals surface area contributed by atoms with Gasteiger partial charge in [-0.1, -0.05) is 27.2 Å². The third kappa shape index (κ3) is 7.27. The van der Waals surface area contributed by atoms with E-state index < -0.39 is 12.0 Å². The van der Waals surface area contributed by atoms with Gasteiger partial charge in [0.25, 0.3) is 0 Å². The van der Waals surface area contributed by atoms with Gasteiger partial charge in [-0.15, -0.1) is 0 Å². The molecule has 0 aliphatic heterocycles. The standard InChI is InChI=1S/C13H26N2O3/c1-4-5-11(13(17)18)15-12(16)7-10(8-14)6-9(2)3/h9-11H,4-8,14H2,1-3H3,(H,15,16)(H,17,18)/t10?,11-/m1/s1. The fourth-order valence-electron chi connectivity index (χ4n) is 1.99. The van der Waals surface area contributed by atoms with Gasteiger partial charge in [0.15, 0.2) is 0 Å². The van der Waals surface area contributed by atoms with E-state index in [0.29, 0.717) is 25.3 Å². The second-order valence-corrected chi connectivity index (χ2v) is 5.18. The molecule has 0 radical (unpaired) electrons. The second kappa shape index (κ2) is 8.91. The number of aliphatic carboxylic acids is 1. The second-order valence-electron chi connectivity index (χ2n) is 5.18. The molecule has 0 aromatic carbocycles. The van der Waals surface area contributed by atoms with Crippen molar-refractivity contribution in [1.82, 2.24) is 5.32 Å². The Bertz CT molecular complexity index is 267. The van der Waals surface area contributed by atoms with E-state index in [1.54, 1.807) is 0 Å². The summed E-state index contributed by atoms with van der Waals surface area (Å²) in [5.41, 5.74) is 5.62. The van der Waals surface area contributed by atoms with Crippen LogP contribution in [0, 0.1) is 11.8 Å². The maximum atomic E-state index is 11.8. The number of rotatable bonds is 9. The molecule has 0 saturated heterocycles. The Balaban J connectivity index is 4.24. The van der Waals surface area contributed by atoms with E-state index in [-0.39, 0.29) is 11.8 Å². The van der Waals surface area contributed by atoms with Gasteiger partial charge in [-0.2, -0.15) is 0 Å². The van der Waals surface area contributed by atoms with E-state index in [2.05, 4.69) is 19.2 Å². The summed E-state index contributed by atoms with van der Waals surface area (Å²) >= 11 is 0. The molecule has 0 saturated carbocycles. The molecule has 5 nitrogen and oxygen atoms in total. The molecule has 0 aliphatic rings. The zero-order chi connectivity index (χ0) is 14.1. The van der Waals surface area contributed by atoms with Crippen LogP contribution < -0.4 is 11.1 Å². The van der Waals surface area contributed by atoms with E-state index in [4.69, 9.17) is 10.8 Å². The van der Waals surface area contributed by atoms with E-state index in [9.17, 15) is 9.59 Å². The van der Waals surface area contributed by atoms with Crippen LogP contribution in [0.25, 0.3) is 0 Å². The normalized spacial score (nSPS) is 14.3. The first-order chi connectivity index (χ1) is 8.40. The zero-order valence-corrected chi connectivity index (χ0v) is 11.6. The molecule has 0 aliphatic carbocycles. The lowest BCUT2D eigenvalue weighted by atomic mass is 9.94. The number of carboxylic acid groups (broad SMARTS) is 1. The van der Waals surface area contributed by atoms with Gasteiger partial charge >= 0.3 is 5.97 Å². The van der Waals surface area contributed by atoms with Crippen LogP contribution in [0.5, 0.6) is 0 Å². The molecular formula is C13H26N2O3. The summed E-state index contributed by atoms with van der Waals surface area (Å²) in [4.78, 5) is 22.7. The molecule has 0 heterocycles. The monoisotopic (exact) mass is 258 g/mol. The molecule has 0 aromatic rings. The molecule has 1 amide bonds. The van der Waals surface area contributed by atoms with Gasteiger partial charge in [0, 0.05) is 6.42 Å². The maximum absolute atomic E-state index is 11.8. The van der Waals surface area contributed by atoms with Gasteiger partial charge in [-0.3, -0.25) is 4.79 Å². The van der Waals surface area contributed by atoms with Crippen molar-refractivity contribution in [3.05, 3.63) is 0 Å². The smallest absolute Gasteiger partial charge is 0.326 e. The van der Waals surface area contributed by atoms with E-state index in [1.807, 2.05) is 6.92 Å². The van der Waals surface area contributed by atoms with E-state index in [0.717, 1.165) is 12.8 Å². The average molecular weight is 258 g/mol. The van der Waals surface area contributed by atoms with Gasteiger partial charge < -0.3 is 16.2 Å². The molecule has 0 aromatic heterocycles. The van der Waals surface area contributed by atoms with E-state index in [1.165, 1.54) is 0 Å². The molecular weight excluding hydrogens is 232 g/mol. The third-order valence-electron chi connectivity index (χ3n) is 2.82. The molecule has 0 rings (SSSR count). The molecule has 0 spiro atoms. The Morgan fingerprint density at radius 3 is 2.33 bits per heavy atom. The van der Waals surface area contributed by atoms with Crippen molar-refractivity contribution in [1.29, 1.82) is 0 Å². The predicted octanol–water partition coefficient (Wildman–Crippen LogP) is 1.37. The minimum absolute atomic E-state index is 0.126. The van der Waals surface area contributed by atoms with Gasteiger partial charge in [0.1, 0.15) is 6.04 Å². The highest BCUT2D eigenvalue weighted by Crippen LogP contribution is 2.14. The Kier molecular flexibility index (Phi) is 8.37. The van der Waals surface area contributed by atoms with Crippen LogP contribution in [0.15, 0.2) is 0 Å². The lowest BCUT2D eigenvalue weighted by Crippen LogP contribution is -2.41. The van der Waals surface area contributed by atoms with Crippen LogP contribution in [0.4, 0.5) is 0 Å². The van der Waals surface area contributed by atoms with Crippen LogP contribution in [0.2, 0.25) is 0 Å². The fourth-order valence-corrected chi connectivity index (χ4v) is 1.99. The number of carboxylic acids is 1. The minimum atomic E-state index is -0.974. The summed E-state index contributed by atoms with van der Waals surface area (Å²) < 4.78 is 0. The summed E-state index contributed by atoms with van der Waals surface area (Å²) in [5, 5.41) is 11.5. The third-order valence-corrected chi connectivity index (χ3v) is 2.82. The van der Waals surface area contributed by atoms with Crippen LogP contribution in [0.3, 0.4) is 0 Å². The van der Waals surface area contributed by atoms with Crippen LogP contribution in [-0.2, 0) is 9.59 Å². The quantitative estimate of drug-likeness (QED) is 0.582. The van der Waals surface area contributed by atoms with Crippen molar-refractivity contribution in [2.75, 3.05) is 6.54 Å². The first-order valence-corrected chi connectivity index (χ1v) is 6.62. The highest BCUT2D eigenvalue weighted by atomic mass is 16.4. The highest BCUT2D eigenvalue weighted by Gasteiger charge is 2.21. The fraction of sp³-hybridized carbons (Fsp3) is 0.846. The average Bonchev–Trinajstić information content (AvgIpc) is 2.26. The van der Waals surface area contributed by atoms with E-state index >= 15 is 0 Å². The molecule has 2 atom stereocenters. The van der Waals surface area contributed by atoms with Crippen molar-refractivity contribution in [2.24, 2.45) is 17.6 Å². The summed E-state index contributed by atoms with van der Waals surface area (Å²) in [6.07, 6.45) is 2.37. The molecule has 18 heavy (non-hydrogen) atoms. The Labute approximate surface area is 109 Å². The Morgan fingerprint density at radius 2 is 1.94 bits per heavy atom. The summed E-state index contributed by atoms with van der Waals surface area (Å²) in [5.74, 6) is -0.580. The zero-order valence-electron chi connectivity index (χ0n) is 11.6. The van der Waals surface area contributed by atoms with Gasteiger partial charge in [0.05, 0.1) is 0 Å². The predicted molar refractivity (Wildman–Crippen MR) is 71.1 cm³/mol. The van der Waals surface area contributed by atoms with Crippen molar-refractivity contribution in [2.45, 2.75) is 52.5 Å². The Hall–Kier alpha value is -1.10. The van der Waals surface area contributed by atoms with Crippen molar-refractivity contribution >= 4 is 11.9 Å². The number of amides is 1. The van der Waals surface area contributed by atoms with Gasteiger partial charge in [0.2, 0.25) is 5.91 Å². The number of nitrogens with one attached hydrogen (secondary N) is 1. The Morgan fingerprint density at radius 1 is 1.33 bits per heavy atom. The number of carbonyl (C=O) groups is 2. The highest BCUT2D eigenvalue weighted by molar-refractivity contribution is 5.83. The maximum Gasteiger partial charge on any atom is 0.326 e. The largest absolute Gasteiger partial charge is 0.480 e. The molecule has 0 fully saturated rings. The van der Waals surface area contributed by atoms with Crippen molar-refractivity contribution < 1.29 is 14.7 Å². The van der Waals surface area contributed by atoms with Crippen LogP contribution in [0.1, 0.15) is 46.5 Å². The number of nitrogens with two attached hydrogens (primary N) is 1.